The molecule has 3 aromatic rings. The maximum absolute atomic E-state index is 11.2. The average Bonchev–Trinajstić information content (AvgIpc) is 3.02. The van der Waals surface area contributed by atoms with Crippen LogP contribution in [0.4, 0.5) is 0 Å². The average molecular weight is 292 g/mol. The molecule has 0 aliphatic carbocycles. The first-order chi connectivity index (χ1) is 10.7. The summed E-state index contributed by atoms with van der Waals surface area (Å²) in [6.07, 6.45) is 0. The van der Waals surface area contributed by atoms with Crippen molar-refractivity contribution in [1.29, 1.82) is 0 Å². The summed E-state index contributed by atoms with van der Waals surface area (Å²) in [7, 11) is 0. The summed E-state index contributed by atoms with van der Waals surface area (Å²) in [5.74, 6) is 0.481. The molecule has 0 fully saturated rings. The maximum Gasteiger partial charge on any atom is 0.335 e. The second-order valence-electron chi connectivity index (χ2n) is 5.09. The van der Waals surface area contributed by atoms with Crippen LogP contribution in [-0.2, 0) is 0 Å². The lowest BCUT2D eigenvalue weighted by atomic mass is 9.96. The van der Waals surface area contributed by atoms with Gasteiger partial charge in [-0.15, -0.1) is 0 Å². The third-order valence-electron chi connectivity index (χ3n) is 3.82. The number of para-hydroxylation sites is 1. The molecule has 0 bridgehead atoms. The van der Waals surface area contributed by atoms with Crippen molar-refractivity contribution in [3.8, 4) is 22.6 Å². The molecule has 22 heavy (non-hydrogen) atoms. The van der Waals surface area contributed by atoms with Crippen molar-refractivity contribution in [1.82, 2.24) is 0 Å². The van der Waals surface area contributed by atoms with Crippen LogP contribution in [-0.4, -0.2) is 17.9 Å². The fourth-order valence-corrected chi connectivity index (χ4v) is 2.78. The molecular formula is C18H12O4. The number of rotatable bonds is 2. The molecule has 4 rings (SSSR count). The Morgan fingerprint density at radius 2 is 1.77 bits per heavy atom. The van der Waals surface area contributed by atoms with E-state index in [1.165, 1.54) is 0 Å². The normalized spacial score (nSPS) is 12.5. The lowest BCUT2D eigenvalue weighted by molar-refractivity contribution is 0.0697. The Morgan fingerprint density at radius 3 is 2.64 bits per heavy atom. The highest BCUT2D eigenvalue weighted by Gasteiger charge is 2.19. The molecular weight excluding hydrogens is 280 g/mol. The van der Waals surface area contributed by atoms with Gasteiger partial charge in [0.2, 0.25) is 6.79 Å². The standard InChI is InChI=1S/C18H12O4/c19-18(20)12-8-7-11-3-1-4-13(15(11)9-12)14-5-2-6-16-17(14)22-10-21-16/h1-9H,10H2,(H,19,20). The molecule has 108 valence electrons. The van der Waals surface area contributed by atoms with Crippen molar-refractivity contribution < 1.29 is 19.4 Å². The Bertz CT molecular complexity index is 899. The second-order valence-corrected chi connectivity index (χ2v) is 5.09. The lowest BCUT2D eigenvalue weighted by Gasteiger charge is -2.10. The van der Waals surface area contributed by atoms with Crippen LogP contribution < -0.4 is 9.47 Å². The van der Waals surface area contributed by atoms with Gasteiger partial charge in [-0.1, -0.05) is 36.4 Å². The number of aromatic carboxylic acids is 1. The van der Waals surface area contributed by atoms with E-state index in [1.807, 2.05) is 42.5 Å². The van der Waals surface area contributed by atoms with Gasteiger partial charge in [-0.25, -0.2) is 4.79 Å². The molecule has 4 heteroatoms. The van der Waals surface area contributed by atoms with E-state index < -0.39 is 5.97 Å². The Hall–Kier alpha value is -3.01. The van der Waals surface area contributed by atoms with Gasteiger partial charge in [-0.05, 0) is 34.5 Å². The van der Waals surface area contributed by atoms with Gasteiger partial charge in [-0.3, -0.25) is 0 Å². The number of fused-ring (bicyclic) bond motifs is 2. The van der Waals surface area contributed by atoms with Gasteiger partial charge in [-0.2, -0.15) is 0 Å². The molecule has 1 aliphatic rings. The lowest BCUT2D eigenvalue weighted by Crippen LogP contribution is -1.96. The third-order valence-corrected chi connectivity index (χ3v) is 3.82. The molecule has 0 amide bonds. The van der Waals surface area contributed by atoms with Crippen LogP contribution in [0.15, 0.2) is 54.6 Å². The van der Waals surface area contributed by atoms with Gasteiger partial charge in [0, 0.05) is 5.56 Å². The van der Waals surface area contributed by atoms with Gasteiger partial charge in [0.15, 0.2) is 11.5 Å². The number of carboxylic acids is 1. The Morgan fingerprint density at radius 1 is 0.955 bits per heavy atom. The van der Waals surface area contributed by atoms with Crippen LogP contribution in [0, 0.1) is 0 Å². The molecule has 0 radical (unpaired) electrons. The van der Waals surface area contributed by atoms with E-state index in [0.717, 1.165) is 21.9 Å². The monoisotopic (exact) mass is 292 g/mol. The SMILES string of the molecule is O=C(O)c1ccc2cccc(-c3cccc4c3OCO4)c2c1. The minimum Gasteiger partial charge on any atom is -0.478 e. The third kappa shape index (κ3) is 1.89. The molecule has 0 aromatic heterocycles. The molecule has 0 atom stereocenters. The Labute approximate surface area is 126 Å². The molecule has 0 spiro atoms. The van der Waals surface area contributed by atoms with Gasteiger partial charge in [0.05, 0.1) is 5.56 Å². The molecule has 1 heterocycles. The Balaban J connectivity index is 2.01. The molecule has 0 unspecified atom stereocenters. The van der Waals surface area contributed by atoms with Crippen molar-refractivity contribution in [2.24, 2.45) is 0 Å². The number of ether oxygens (including phenoxy) is 2. The first-order valence-electron chi connectivity index (χ1n) is 6.89. The fraction of sp³-hybridized carbons (Fsp3) is 0.0556. The van der Waals surface area contributed by atoms with Crippen LogP contribution in [0.3, 0.4) is 0 Å². The second kappa shape index (κ2) is 4.77. The highest BCUT2D eigenvalue weighted by molar-refractivity contribution is 6.02. The van der Waals surface area contributed by atoms with Crippen LogP contribution in [0.1, 0.15) is 10.4 Å². The first-order valence-corrected chi connectivity index (χ1v) is 6.89. The van der Waals surface area contributed by atoms with E-state index in [9.17, 15) is 9.90 Å². The number of hydrogen-bond acceptors (Lipinski definition) is 3. The summed E-state index contributed by atoms with van der Waals surface area (Å²) in [6, 6.07) is 16.7. The maximum atomic E-state index is 11.2. The van der Waals surface area contributed by atoms with Crippen LogP contribution in [0.2, 0.25) is 0 Å². The molecule has 0 saturated carbocycles. The highest BCUT2D eigenvalue weighted by atomic mass is 16.7. The van der Waals surface area contributed by atoms with E-state index in [4.69, 9.17) is 9.47 Å². The molecule has 1 N–H and O–H groups in total. The van der Waals surface area contributed by atoms with E-state index >= 15 is 0 Å². The minimum absolute atomic E-state index is 0.206. The summed E-state index contributed by atoms with van der Waals surface area (Å²) in [5, 5.41) is 11.1. The smallest absolute Gasteiger partial charge is 0.335 e. The summed E-state index contributed by atoms with van der Waals surface area (Å²) in [4.78, 5) is 11.2. The number of hydrogen-bond donors (Lipinski definition) is 1. The summed E-state index contributed by atoms with van der Waals surface area (Å²) in [5.41, 5.74) is 2.11. The van der Waals surface area contributed by atoms with Crippen molar-refractivity contribution in [3.05, 3.63) is 60.2 Å². The summed E-state index contributed by atoms with van der Waals surface area (Å²) >= 11 is 0. The van der Waals surface area contributed by atoms with Gasteiger partial charge < -0.3 is 14.6 Å². The minimum atomic E-state index is -0.936. The molecule has 3 aromatic carbocycles. The highest BCUT2D eigenvalue weighted by Crippen LogP contribution is 2.43. The van der Waals surface area contributed by atoms with Crippen molar-refractivity contribution in [2.75, 3.05) is 6.79 Å². The topological polar surface area (TPSA) is 55.8 Å². The van der Waals surface area contributed by atoms with Crippen LogP contribution in [0.5, 0.6) is 11.5 Å². The first kappa shape index (κ1) is 12.7. The van der Waals surface area contributed by atoms with Crippen molar-refractivity contribution >= 4 is 16.7 Å². The summed E-state index contributed by atoms with van der Waals surface area (Å²) < 4.78 is 11.0. The number of benzene rings is 3. The molecule has 1 aliphatic heterocycles. The molecule has 4 nitrogen and oxygen atoms in total. The predicted octanol–water partition coefficient (Wildman–Crippen LogP) is 3.93. The van der Waals surface area contributed by atoms with Gasteiger partial charge in [0.25, 0.3) is 0 Å². The van der Waals surface area contributed by atoms with Gasteiger partial charge >= 0.3 is 5.97 Å². The largest absolute Gasteiger partial charge is 0.478 e. The predicted molar refractivity (Wildman–Crippen MR) is 82.5 cm³/mol. The van der Waals surface area contributed by atoms with Crippen LogP contribution in [0.25, 0.3) is 21.9 Å². The van der Waals surface area contributed by atoms with E-state index in [-0.39, 0.29) is 12.4 Å². The summed E-state index contributed by atoms with van der Waals surface area (Å²) in [6.45, 7) is 0.206. The molecule has 0 saturated heterocycles. The van der Waals surface area contributed by atoms with Crippen molar-refractivity contribution in [3.63, 3.8) is 0 Å². The van der Waals surface area contributed by atoms with E-state index in [1.54, 1.807) is 12.1 Å². The number of carbonyl (C=O) groups is 1. The quantitative estimate of drug-likeness (QED) is 0.777. The number of carboxylic acid groups (broad SMARTS) is 1. The Kier molecular flexibility index (Phi) is 2.76. The van der Waals surface area contributed by atoms with Crippen LogP contribution >= 0.6 is 0 Å². The van der Waals surface area contributed by atoms with E-state index in [0.29, 0.717) is 11.5 Å². The van der Waals surface area contributed by atoms with Crippen molar-refractivity contribution in [2.45, 2.75) is 0 Å². The zero-order valence-corrected chi connectivity index (χ0v) is 11.6. The fourth-order valence-electron chi connectivity index (χ4n) is 2.78. The van der Waals surface area contributed by atoms with Gasteiger partial charge in [0.1, 0.15) is 0 Å². The zero-order valence-electron chi connectivity index (χ0n) is 11.6. The zero-order chi connectivity index (χ0) is 15.1. The van der Waals surface area contributed by atoms with E-state index in [2.05, 4.69) is 0 Å².